The fourth-order valence-electron chi connectivity index (χ4n) is 1.75. The van der Waals surface area contributed by atoms with Crippen LogP contribution in [0.3, 0.4) is 0 Å². The molecular formula is C13H16O2. The van der Waals surface area contributed by atoms with Gasteiger partial charge in [-0.2, -0.15) is 0 Å². The summed E-state index contributed by atoms with van der Waals surface area (Å²) in [4.78, 5) is 10.6. The first-order chi connectivity index (χ1) is 7.16. The Kier molecular flexibility index (Phi) is 3.81. The van der Waals surface area contributed by atoms with E-state index in [9.17, 15) is 9.90 Å². The van der Waals surface area contributed by atoms with E-state index < -0.39 is 5.60 Å². The van der Waals surface area contributed by atoms with Crippen molar-refractivity contribution in [2.24, 2.45) is 0 Å². The Bertz CT molecular complexity index is 336. The highest BCUT2D eigenvalue weighted by Gasteiger charge is 2.30. The minimum Gasteiger partial charge on any atom is -0.385 e. The topological polar surface area (TPSA) is 37.3 Å². The molecule has 0 bridgehead atoms. The van der Waals surface area contributed by atoms with Gasteiger partial charge in [0.15, 0.2) is 0 Å². The van der Waals surface area contributed by atoms with Crippen LogP contribution in [-0.2, 0) is 4.79 Å². The van der Waals surface area contributed by atoms with Crippen molar-refractivity contribution in [2.75, 3.05) is 0 Å². The Hall–Kier alpha value is -1.41. The summed E-state index contributed by atoms with van der Waals surface area (Å²) in [5.41, 5.74) is 0.574. The van der Waals surface area contributed by atoms with Crippen LogP contribution in [0.25, 0.3) is 0 Å². The Morgan fingerprint density at radius 2 is 2.20 bits per heavy atom. The van der Waals surface area contributed by atoms with E-state index in [1.165, 1.54) is 0 Å². The number of rotatable bonds is 5. The molecule has 0 saturated heterocycles. The molecule has 1 unspecified atom stereocenters. The SMILES string of the molecule is C=CCC1=CC(C=O)=CCC1(O)CC=C. The average molecular weight is 204 g/mol. The molecule has 0 aromatic carbocycles. The minimum absolute atomic E-state index is 0.465. The number of hydrogen-bond acceptors (Lipinski definition) is 2. The standard InChI is InChI=1S/C13H16O2/c1-3-5-12-9-11(10-14)6-8-13(12,15)7-4-2/h3-4,6,9-10,15H,1-2,5,7-8H2. The molecule has 1 N–H and O–H groups in total. The normalized spacial score (nSPS) is 25.1. The summed E-state index contributed by atoms with van der Waals surface area (Å²) in [6, 6.07) is 0. The Labute approximate surface area is 90.3 Å². The number of aldehydes is 1. The van der Waals surface area contributed by atoms with Crippen molar-refractivity contribution in [3.63, 3.8) is 0 Å². The van der Waals surface area contributed by atoms with Gasteiger partial charge in [-0.25, -0.2) is 0 Å². The number of hydrogen-bond donors (Lipinski definition) is 1. The van der Waals surface area contributed by atoms with Gasteiger partial charge in [-0.1, -0.05) is 18.2 Å². The van der Waals surface area contributed by atoms with E-state index >= 15 is 0 Å². The van der Waals surface area contributed by atoms with Crippen molar-refractivity contribution < 1.29 is 9.90 Å². The van der Waals surface area contributed by atoms with Crippen molar-refractivity contribution in [1.29, 1.82) is 0 Å². The maximum atomic E-state index is 10.6. The highest BCUT2D eigenvalue weighted by molar-refractivity contribution is 5.78. The summed E-state index contributed by atoms with van der Waals surface area (Å²) in [7, 11) is 0. The molecule has 2 heteroatoms. The second-order valence-electron chi connectivity index (χ2n) is 3.71. The second-order valence-corrected chi connectivity index (χ2v) is 3.71. The van der Waals surface area contributed by atoms with E-state index in [1.54, 1.807) is 24.3 Å². The summed E-state index contributed by atoms with van der Waals surface area (Å²) in [6.45, 7) is 7.28. The third-order valence-electron chi connectivity index (χ3n) is 2.60. The van der Waals surface area contributed by atoms with Gasteiger partial charge in [-0.3, -0.25) is 4.79 Å². The molecule has 0 spiro atoms. The van der Waals surface area contributed by atoms with Crippen molar-refractivity contribution in [3.05, 3.63) is 48.6 Å². The van der Waals surface area contributed by atoms with Gasteiger partial charge in [-0.15, -0.1) is 13.2 Å². The van der Waals surface area contributed by atoms with Crippen molar-refractivity contribution in [3.8, 4) is 0 Å². The molecule has 0 aromatic rings. The van der Waals surface area contributed by atoms with Gasteiger partial charge in [-0.05, 0) is 30.9 Å². The molecule has 0 saturated carbocycles. The first-order valence-electron chi connectivity index (χ1n) is 4.97. The molecule has 0 amide bonds. The molecule has 2 nitrogen and oxygen atoms in total. The molecule has 1 aliphatic carbocycles. The highest BCUT2D eigenvalue weighted by Crippen LogP contribution is 2.33. The number of allylic oxidation sites excluding steroid dienone is 3. The van der Waals surface area contributed by atoms with Gasteiger partial charge >= 0.3 is 0 Å². The van der Waals surface area contributed by atoms with E-state index in [1.807, 2.05) is 0 Å². The molecule has 80 valence electrons. The minimum atomic E-state index is -0.886. The maximum Gasteiger partial charge on any atom is 0.149 e. The Morgan fingerprint density at radius 1 is 1.47 bits per heavy atom. The van der Waals surface area contributed by atoms with E-state index in [0.717, 1.165) is 11.9 Å². The predicted octanol–water partition coefficient (Wildman–Crippen LogP) is 2.33. The zero-order valence-corrected chi connectivity index (χ0v) is 8.78. The van der Waals surface area contributed by atoms with Crippen LogP contribution >= 0.6 is 0 Å². The molecule has 0 heterocycles. The lowest BCUT2D eigenvalue weighted by atomic mass is 9.80. The van der Waals surface area contributed by atoms with Crippen molar-refractivity contribution >= 4 is 6.29 Å². The van der Waals surface area contributed by atoms with E-state index in [2.05, 4.69) is 13.2 Å². The van der Waals surface area contributed by atoms with Crippen LogP contribution in [0.4, 0.5) is 0 Å². The number of aliphatic hydroxyl groups is 1. The first kappa shape index (κ1) is 11.7. The molecule has 15 heavy (non-hydrogen) atoms. The van der Waals surface area contributed by atoms with Crippen LogP contribution < -0.4 is 0 Å². The van der Waals surface area contributed by atoms with Crippen molar-refractivity contribution in [2.45, 2.75) is 24.9 Å². The Balaban J connectivity index is 2.99. The van der Waals surface area contributed by atoms with Crippen LogP contribution in [0.1, 0.15) is 19.3 Å². The smallest absolute Gasteiger partial charge is 0.149 e. The average Bonchev–Trinajstić information content (AvgIpc) is 2.22. The summed E-state index contributed by atoms with van der Waals surface area (Å²) in [5.74, 6) is 0. The fraction of sp³-hybridized carbons (Fsp3) is 0.308. The molecule has 0 fully saturated rings. The molecule has 1 aliphatic rings. The van der Waals surface area contributed by atoms with Crippen LogP contribution in [0, 0.1) is 0 Å². The predicted molar refractivity (Wildman–Crippen MR) is 61.4 cm³/mol. The summed E-state index contributed by atoms with van der Waals surface area (Å²) in [5, 5.41) is 10.3. The first-order valence-corrected chi connectivity index (χ1v) is 4.97. The van der Waals surface area contributed by atoms with E-state index in [4.69, 9.17) is 0 Å². The largest absolute Gasteiger partial charge is 0.385 e. The molecular weight excluding hydrogens is 188 g/mol. The maximum absolute atomic E-state index is 10.6. The lowest BCUT2D eigenvalue weighted by Gasteiger charge is -2.31. The molecule has 1 atom stereocenters. The third-order valence-corrected chi connectivity index (χ3v) is 2.60. The number of carbonyl (C=O) groups excluding carboxylic acids is 1. The van der Waals surface area contributed by atoms with E-state index in [0.29, 0.717) is 24.8 Å². The molecule has 0 aliphatic heterocycles. The Morgan fingerprint density at radius 3 is 2.73 bits per heavy atom. The number of carbonyl (C=O) groups is 1. The van der Waals surface area contributed by atoms with Gasteiger partial charge < -0.3 is 5.11 Å². The van der Waals surface area contributed by atoms with Crippen LogP contribution in [0.2, 0.25) is 0 Å². The van der Waals surface area contributed by atoms with Crippen LogP contribution in [-0.4, -0.2) is 17.0 Å². The summed E-state index contributed by atoms with van der Waals surface area (Å²) in [6.07, 6.45) is 9.27. The molecule has 0 radical (unpaired) electrons. The van der Waals surface area contributed by atoms with Gasteiger partial charge in [0.2, 0.25) is 0 Å². The molecule has 0 aromatic heterocycles. The van der Waals surface area contributed by atoms with Crippen LogP contribution in [0.15, 0.2) is 48.6 Å². The summed E-state index contributed by atoms with van der Waals surface area (Å²) >= 11 is 0. The monoisotopic (exact) mass is 204 g/mol. The zero-order valence-electron chi connectivity index (χ0n) is 8.78. The highest BCUT2D eigenvalue weighted by atomic mass is 16.3. The van der Waals surface area contributed by atoms with Gasteiger partial charge in [0.1, 0.15) is 6.29 Å². The summed E-state index contributed by atoms with van der Waals surface area (Å²) < 4.78 is 0. The van der Waals surface area contributed by atoms with E-state index in [-0.39, 0.29) is 0 Å². The molecule has 1 rings (SSSR count). The van der Waals surface area contributed by atoms with Crippen LogP contribution in [0.5, 0.6) is 0 Å². The van der Waals surface area contributed by atoms with Gasteiger partial charge in [0, 0.05) is 5.57 Å². The quantitative estimate of drug-likeness (QED) is 0.551. The van der Waals surface area contributed by atoms with Crippen molar-refractivity contribution in [1.82, 2.24) is 0 Å². The zero-order chi connectivity index (χ0) is 11.3. The second kappa shape index (κ2) is 4.89. The fourth-order valence-corrected chi connectivity index (χ4v) is 1.75. The van der Waals surface area contributed by atoms with Gasteiger partial charge in [0.05, 0.1) is 5.60 Å². The lowest BCUT2D eigenvalue weighted by Crippen LogP contribution is -2.32. The lowest BCUT2D eigenvalue weighted by molar-refractivity contribution is -0.104. The van der Waals surface area contributed by atoms with Gasteiger partial charge in [0.25, 0.3) is 0 Å². The third kappa shape index (κ3) is 2.54.